The number of H-pyrrole nitrogens is 1. The van der Waals surface area contributed by atoms with E-state index in [1.165, 1.54) is 6.07 Å². The van der Waals surface area contributed by atoms with Crippen molar-refractivity contribution in [1.29, 1.82) is 0 Å². The second kappa shape index (κ2) is 6.20. The van der Waals surface area contributed by atoms with Gasteiger partial charge in [0, 0.05) is 13.2 Å². The molecule has 0 unspecified atom stereocenters. The van der Waals surface area contributed by atoms with Crippen LogP contribution < -0.4 is 27.7 Å². The molecular formula is C15H16N8O3. The minimum atomic E-state index is -1.16. The molecule has 11 heteroatoms. The highest BCUT2D eigenvalue weighted by molar-refractivity contribution is 5.99. The van der Waals surface area contributed by atoms with Gasteiger partial charge in [0.15, 0.2) is 11.5 Å². The molecule has 8 N–H and O–H groups in total. The van der Waals surface area contributed by atoms with Crippen LogP contribution in [-0.4, -0.2) is 38.1 Å². The Bertz CT molecular complexity index is 1030. The Labute approximate surface area is 146 Å². The number of carbonyl (C=O) groups is 1. The summed E-state index contributed by atoms with van der Waals surface area (Å²) in [5, 5.41) is 9.09. The molecule has 0 atom stereocenters. The van der Waals surface area contributed by atoms with Crippen molar-refractivity contribution in [2.24, 2.45) is 0 Å². The number of benzene rings is 1. The Kier molecular flexibility index (Phi) is 4.04. The molecule has 134 valence electrons. The van der Waals surface area contributed by atoms with Gasteiger partial charge in [-0.05, 0) is 12.1 Å². The fourth-order valence-electron chi connectivity index (χ4n) is 2.53. The number of hydrogen-bond donors (Lipinski definition) is 5. The van der Waals surface area contributed by atoms with Crippen LogP contribution in [-0.2, 0) is 6.54 Å². The number of aromatic carboxylic acids is 1. The van der Waals surface area contributed by atoms with Crippen LogP contribution >= 0.6 is 0 Å². The van der Waals surface area contributed by atoms with Gasteiger partial charge in [-0.2, -0.15) is 9.97 Å². The molecule has 0 spiro atoms. The summed E-state index contributed by atoms with van der Waals surface area (Å²) in [7, 11) is 1.73. The van der Waals surface area contributed by atoms with E-state index in [1.807, 2.05) is 0 Å². The Balaban J connectivity index is 1.94. The quantitative estimate of drug-likeness (QED) is 0.389. The molecule has 0 saturated heterocycles. The Morgan fingerprint density at radius 3 is 2.62 bits per heavy atom. The molecule has 0 aliphatic carbocycles. The Morgan fingerprint density at radius 1 is 1.19 bits per heavy atom. The molecule has 1 aromatic rings. The van der Waals surface area contributed by atoms with Crippen LogP contribution in [0, 0.1) is 0 Å². The monoisotopic (exact) mass is 356 g/mol. The second-order valence-corrected chi connectivity index (χ2v) is 5.60. The number of anilines is 4. The van der Waals surface area contributed by atoms with Gasteiger partial charge in [-0.1, -0.05) is 0 Å². The third-order valence-corrected chi connectivity index (χ3v) is 3.81. The van der Waals surface area contributed by atoms with Gasteiger partial charge in [0.25, 0.3) is 0 Å². The Morgan fingerprint density at radius 2 is 1.92 bits per heavy atom. The van der Waals surface area contributed by atoms with Crippen LogP contribution in [0.15, 0.2) is 23.1 Å². The number of rotatable bonds is 4. The third kappa shape index (κ3) is 2.92. The average Bonchev–Trinajstić information content (AvgIpc) is 2.57. The van der Waals surface area contributed by atoms with E-state index in [-0.39, 0.29) is 40.9 Å². The first-order chi connectivity index (χ1) is 12.3. The standard InChI is InChI=1S/C15H16N8O3/c1-23(8-3-2-7(14(25)26)9(16)10(8)17)5-6-4-19-12-11(20-6)13(24)22-15(18)21-12/h2-4H,5,16-17H2,1H3,(H,25,26)(H3,18,19,21,22,24). The van der Waals surface area contributed by atoms with Crippen LogP contribution in [0.1, 0.15) is 16.1 Å². The van der Waals surface area contributed by atoms with Crippen LogP contribution in [0.3, 0.4) is 0 Å². The van der Waals surface area contributed by atoms with Gasteiger partial charge in [0.1, 0.15) is 0 Å². The lowest BCUT2D eigenvalue weighted by molar-refractivity contribution is 0.0698. The number of carboxylic acids is 1. The summed E-state index contributed by atoms with van der Waals surface area (Å²) in [6, 6.07) is 2.94. The highest BCUT2D eigenvalue weighted by Crippen LogP contribution is 2.31. The Hall–Kier alpha value is -3.89. The van der Waals surface area contributed by atoms with Crippen LogP contribution in [0.2, 0.25) is 0 Å². The summed E-state index contributed by atoms with van der Waals surface area (Å²) in [5.74, 6) is -1.05. The van der Waals surface area contributed by atoms with Crippen molar-refractivity contribution in [2.45, 2.75) is 6.54 Å². The summed E-state index contributed by atoms with van der Waals surface area (Å²) in [5.41, 5.74) is 17.8. The molecule has 0 radical (unpaired) electrons. The lowest BCUT2D eigenvalue weighted by atomic mass is 10.1. The molecule has 0 fully saturated rings. The van der Waals surface area contributed by atoms with Crippen LogP contribution in [0.25, 0.3) is 11.5 Å². The van der Waals surface area contributed by atoms with Gasteiger partial charge in [-0.3, -0.25) is 4.79 Å². The summed E-state index contributed by atoms with van der Waals surface area (Å²) >= 11 is 0. The minimum absolute atomic E-state index is 0.00870. The van der Waals surface area contributed by atoms with E-state index >= 15 is 0 Å². The molecule has 2 aliphatic rings. The highest BCUT2D eigenvalue weighted by atomic mass is 16.4. The van der Waals surface area contributed by atoms with Gasteiger partial charge in [0.05, 0.1) is 34.9 Å². The first-order valence-corrected chi connectivity index (χ1v) is 7.42. The molecule has 0 bridgehead atoms. The van der Waals surface area contributed by atoms with E-state index in [4.69, 9.17) is 22.3 Å². The fourth-order valence-corrected chi connectivity index (χ4v) is 2.53. The largest absolute Gasteiger partial charge is 0.478 e. The van der Waals surface area contributed by atoms with Crippen LogP contribution in [0.4, 0.5) is 23.0 Å². The zero-order valence-electron chi connectivity index (χ0n) is 13.7. The lowest BCUT2D eigenvalue weighted by Crippen LogP contribution is -2.22. The number of nitrogen functional groups attached to an aromatic ring is 3. The topological polar surface area (TPSA) is 190 Å². The van der Waals surface area contributed by atoms with E-state index in [1.54, 1.807) is 24.2 Å². The molecule has 2 aliphatic heterocycles. The zero-order chi connectivity index (χ0) is 19.0. The normalized spacial score (nSPS) is 10.8. The molecule has 1 aromatic carbocycles. The average molecular weight is 356 g/mol. The molecule has 26 heavy (non-hydrogen) atoms. The van der Waals surface area contributed by atoms with E-state index in [9.17, 15) is 9.59 Å². The van der Waals surface area contributed by atoms with Crippen molar-refractivity contribution >= 4 is 29.0 Å². The number of nitrogens with one attached hydrogen (secondary N) is 1. The van der Waals surface area contributed by atoms with E-state index < -0.39 is 11.5 Å². The summed E-state index contributed by atoms with van der Waals surface area (Å²) in [4.78, 5) is 39.3. The maximum atomic E-state index is 11.9. The maximum absolute atomic E-state index is 11.9. The molecule has 2 heterocycles. The number of aromatic amines is 1. The number of carboxylic acid groups (broad SMARTS) is 1. The van der Waals surface area contributed by atoms with Crippen molar-refractivity contribution in [1.82, 2.24) is 19.9 Å². The SMILES string of the molecule is CN(Cc1c[nH]c2nc(N)nc(=O)c-2n1)c1ccc(C(=O)O)c(N)c1N. The van der Waals surface area contributed by atoms with E-state index in [0.717, 1.165) is 0 Å². The van der Waals surface area contributed by atoms with Gasteiger partial charge < -0.3 is 32.2 Å². The van der Waals surface area contributed by atoms with Crippen molar-refractivity contribution in [3.8, 4) is 11.5 Å². The number of nitrogens with two attached hydrogens (primary N) is 3. The van der Waals surface area contributed by atoms with Gasteiger partial charge in [0.2, 0.25) is 5.95 Å². The van der Waals surface area contributed by atoms with E-state index in [0.29, 0.717) is 11.4 Å². The van der Waals surface area contributed by atoms with Crippen LogP contribution in [0.5, 0.6) is 0 Å². The third-order valence-electron chi connectivity index (χ3n) is 3.81. The molecule has 0 saturated carbocycles. The number of aromatic nitrogens is 4. The summed E-state index contributed by atoms with van der Waals surface area (Å²) in [6.45, 7) is 0.270. The summed E-state index contributed by atoms with van der Waals surface area (Å²) in [6.07, 6.45) is 1.58. The smallest absolute Gasteiger partial charge is 0.337 e. The summed E-state index contributed by atoms with van der Waals surface area (Å²) < 4.78 is 0. The van der Waals surface area contributed by atoms with Crippen molar-refractivity contribution in [3.63, 3.8) is 0 Å². The minimum Gasteiger partial charge on any atom is -0.478 e. The first-order valence-electron chi connectivity index (χ1n) is 7.42. The van der Waals surface area contributed by atoms with Gasteiger partial charge >= 0.3 is 11.5 Å². The number of nitrogens with zero attached hydrogens (tertiary/aromatic N) is 4. The molecule has 0 aromatic heterocycles. The van der Waals surface area contributed by atoms with Crippen molar-refractivity contribution in [2.75, 3.05) is 29.1 Å². The predicted molar refractivity (Wildman–Crippen MR) is 95.8 cm³/mol. The second-order valence-electron chi connectivity index (χ2n) is 5.60. The van der Waals surface area contributed by atoms with E-state index in [2.05, 4.69) is 19.9 Å². The van der Waals surface area contributed by atoms with Crippen molar-refractivity contribution in [3.05, 3.63) is 39.9 Å². The molecule has 0 amide bonds. The molecule has 11 nitrogen and oxygen atoms in total. The maximum Gasteiger partial charge on any atom is 0.337 e. The molecular weight excluding hydrogens is 340 g/mol. The fraction of sp³-hybridized carbons (Fsp3) is 0.133. The van der Waals surface area contributed by atoms with Crippen molar-refractivity contribution < 1.29 is 9.90 Å². The highest BCUT2D eigenvalue weighted by Gasteiger charge is 2.17. The first kappa shape index (κ1) is 17.0. The number of hydrogen-bond acceptors (Lipinski definition) is 9. The van der Waals surface area contributed by atoms with Gasteiger partial charge in [-0.25, -0.2) is 9.78 Å². The number of fused-ring (bicyclic) bond motifs is 1. The van der Waals surface area contributed by atoms with Gasteiger partial charge in [-0.15, -0.1) is 0 Å². The lowest BCUT2D eigenvalue weighted by Gasteiger charge is -2.22. The molecule has 3 rings (SSSR count). The zero-order valence-corrected chi connectivity index (χ0v) is 13.7. The predicted octanol–water partition coefficient (Wildman–Crippen LogP) is -0.254.